The van der Waals surface area contributed by atoms with Crippen molar-refractivity contribution >= 4 is 236 Å². The Labute approximate surface area is 538 Å². The predicted octanol–water partition coefficient (Wildman–Crippen LogP) is 28.5. The van der Waals surface area contributed by atoms with Crippen LogP contribution in [0.3, 0.4) is 0 Å². The van der Waals surface area contributed by atoms with E-state index in [2.05, 4.69) is 163 Å². The van der Waals surface area contributed by atoms with Crippen LogP contribution in [0.25, 0.3) is 0 Å². The normalized spacial score (nSPS) is 12.4. The van der Waals surface area contributed by atoms with E-state index < -0.39 is 0 Å². The third kappa shape index (κ3) is 41.9. The van der Waals surface area contributed by atoms with E-state index in [9.17, 15) is 0 Å². The molecular weight excluding hydrogens is 1650 g/mol. The summed E-state index contributed by atoms with van der Waals surface area (Å²) in [7, 11) is 0. The Bertz CT molecular complexity index is 2140. The third-order valence-electron chi connectivity index (χ3n) is 8.27. The van der Waals surface area contributed by atoms with Crippen LogP contribution in [0.15, 0.2) is 202 Å². The molecule has 0 saturated carbocycles. The average Bonchev–Trinajstić information content (AvgIpc) is 3.34. The van der Waals surface area contributed by atoms with Crippen LogP contribution in [0.4, 0.5) is 0 Å². The Hall–Kier alpha value is 1.18. The van der Waals surface area contributed by atoms with Crippen LogP contribution >= 0.6 is 236 Å². The lowest BCUT2D eigenvalue weighted by atomic mass is 10.1. The van der Waals surface area contributed by atoms with Gasteiger partial charge in [-0.25, -0.2) is 0 Å². The highest BCUT2D eigenvalue weighted by molar-refractivity contribution is 9.14. The molecule has 0 bridgehead atoms. The summed E-state index contributed by atoms with van der Waals surface area (Å²) in [6.07, 6.45) is 13.9. The van der Waals surface area contributed by atoms with Crippen molar-refractivity contribution in [3.8, 4) is 0 Å². The van der Waals surface area contributed by atoms with Gasteiger partial charge in [0.25, 0.3) is 0 Å². The Morgan fingerprint density at radius 1 is 0.394 bits per heavy atom. The zero-order valence-corrected chi connectivity index (χ0v) is 58.8. The Morgan fingerprint density at radius 2 is 0.746 bits per heavy atom. The molecule has 0 aromatic heterocycles. The molecule has 2 aliphatic carbocycles. The van der Waals surface area contributed by atoms with Gasteiger partial charge in [-0.15, -0.1) is 0 Å². The Balaban J connectivity index is 0.000000777. The SMILES string of the molecule is BrC1=C(Br)CCCC1.Brc1ccc(Br)cc1.Brc1cccc(Br)c1.Brc1ccccc1Br.CCC=C(Br)CC.ClC1=C(Cl)CCCC1.Clc1ccc(Cl)cc1.Clc1cccc(Cl)c1.Clc1ccccc1Cl. The number of hydrogen-bond acceptors (Lipinski definition) is 0. The molecule has 0 nitrogen and oxygen atoms in total. The lowest BCUT2D eigenvalue weighted by molar-refractivity contribution is 0.713. The maximum Gasteiger partial charge on any atom is 0.0592 e. The van der Waals surface area contributed by atoms with E-state index in [-0.39, 0.29) is 0 Å². The summed E-state index contributed by atoms with van der Waals surface area (Å²) in [5, 5.41) is 5.75. The maximum atomic E-state index is 5.71. The highest BCUT2D eigenvalue weighted by atomic mass is 79.9. The van der Waals surface area contributed by atoms with Gasteiger partial charge in [-0.1, -0.05) is 261 Å². The van der Waals surface area contributed by atoms with Crippen LogP contribution in [0, 0.1) is 0 Å². The molecule has 0 N–H and O–H groups in total. The first-order valence-electron chi connectivity index (χ1n) is 21.5. The monoisotopic (exact) mass is 1690 g/mol. The Kier molecular flexibility index (Phi) is 46.9. The molecule has 0 unspecified atom stereocenters. The van der Waals surface area contributed by atoms with Gasteiger partial charge < -0.3 is 0 Å². The molecule has 17 heteroatoms. The average molecular weight is 1700 g/mol. The van der Waals surface area contributed by atoms with Gasteiger partial charge in [-0.3, -0.25) is 0 Å². The van der Waals surface area contributed by atoms with E-state index in [0.717, 1.165) is 72.6 Å². The molecule has 0 saturated heterocycles. The molecule has 0 spiro atoms. The molecule has 0 heterocycles. The summed E-state index contributed by atoms with van der Waals surface area (Å²) in [5.74, 6) is 0. The highest BCUT2D eigenvalue weighted by Gasteiger charge is 2.07. The molecule has 2 aliphatic rings. The van der Waals surface area contributed by atoms with E-state index in [0.29, 0.717) is 20.1 Å². The van der Waals surface area contributed by atoms with Crippen molar-refractivity contribution < 1.29 is 0 Å². The van der Waals surface area contributed by atoms with Crippen LogP contribution in [0.5, 0.6) is 0 Å². The van der Waals surface area contributed by atoms with Gasteiger partial charge in [-0.2, -0.15) is 0 Å². The van der Waals surface area contributed by atoms with Gasteiger partial charge >= 0.3 is 0 Å². The number of halogens is 17. The highest BCUT2D eigenvalue weighted by Crippen LogP contribution is 2.32. The van der Waals surface area contributed by atoms with Gasteiger partial charge in [0.15, 0.2) is 0 Å². The molecule has 386 valence electrons. The molecular formula is C54H51Br9Cl8. The van der Waals surface area contributed by atoms with E-state index in [1.807, 2.05) is 91.0 Å². The maximum absolute atomic E-state index is 5.71. The predicted molar refractivity (Wildman–Crippen MR) is 353 cm³/mol. The van der Waals surface area contributed by atoms with E-state index in [1.54, 1.807) is 54.6 Å². The minimum atomic E-state index is 0.606. The van der Waals surface area contributed by atoms with E-state index in [1.165, 1.54) is 52.0 Å². The van der Waals surface area contributed by atoms with Gasteiger partial charge in [0, 0.05) is 66.0 Å². The van der Waals surface area contributed by atoms with E-state index in [4.69, 9.17) is 92.8 Å². The lowest BCUT2D eigenvalue weighted by Crippen LogP contribution is -1.88. The van der Waals surface area contributed by atoms with Crippen molar-refractivity contribution in [2.75, 3.05) is 0 Å². The molecule has 0 amide bonds. The first kappa shape index (κ1) is 72.2. The fourth-order valence-electron chi connectivity index (χ4n) is 4.69. The number of hydrogen-bond donors (Lipinski definition) is 0. The molecule has 0 fully saturated rings. The van der Waals surface area contributed by atoms with Crippen molar-refractivity contribution in [1.29, 1.82) is 0 Å². The first-order valence-corrected chi connectivity index (χ1v) is 31.7. The first-order chi connectivity index (χ1) is 33.7. The Morgan fingerprint density at radius 3 is 0.986 bits per heavy atom. The summed E-state index contributed by atoms with van der Waals surface area (Å²) in [4.78, 5) is 0. The molecule has 8 rings (SSSR count). The van der Waals surface area contributed by atoms with Gasteiger partial charge in [-0.05, 0) is 210 Å². The van der Waals surface area contributed by atoms with Crippen LogP contribution in [-0.2, 0) is 0 Å². The molecule has 0 atom stereocenters. The van der Waals surface area contributed by atoms with Gasteiger partial charge in [0.1, 0.15) is 0 Å². The molecule has 6 aromatic rings. The van der Waals surface area contributed by atoms with Crippen LogP contribution in [0.2, 0.25) is 30.1 Å². The van der Waals surface area contributed by atoms with Gasteiger partial charge in [0.2, 0.25) is 0 Å². The molecule has 0 radical (unpaired) electrons. The topological polar surface area (TPSA) is 0 Å². The lowest BCUT2D eigenvalue weighted by Gasteiger charge is -2.09. The summed E-state index contributed by atoms with van der Waals surface area (Å²) in [5.41, 5.74) is 0. The number of allylic oxidation sites excluding steroid dienone is 6. The summed E-state index contributed by atoms with van der Waals surface area (Å²) < 4.78 is 10.7. The molecule has 0 aliphatic heterocycles. The standard InChI is InChI=1S/2C6H4Br2.C6H8Br2.C6H4Br2.C6H11Br.2C6H4Cl2.C6H8Cl2.C6H4Cl2/c7-5-1-2-6(8)4-3-5;7-5-2-1-3-6(8)4-5;2*7-5-3-1-2-4-6(5)8;1-3-5-6(7)4-2;7-5-1-2-6(8)4-3-5;7-5-2-1-3-6(8)4-5;2*7-5-3-1-2-4-6(5)8/h2*1-4H;1-4H2;1-4H;5H,3-4H2,1-2H3;2*1-4H;1-4H2;1-4H. The summed E-state index contributed by atoms with van der Waals surface area (Å²) in [6.45, 7) is 4.27. The third-order valence-corrected chi connectivity index (χ3v) is 18.1. The van der Waals surface area contributed by atoms with Crippen molar-refractivity contribution in [3.63, 3.8) is 0 Å². The van der Waals surface area contributed by atoms with Crippen molar-refractivity contribution in [1.82, 2.24) is 0 Å². The molecule has 71 heavy (non-hydrogen) atoms. The fraction of sp³-hybridized carbons (Fsp3) is 0.222. The number of benzene rings is 6. The van der Waals surface area contributed by atoms with Crippen molar-refractivity contribution in [2.45, 2.75) is 78.1 Å². The fourth-order valence-corrected chi connectivity index (χ4v) is 9.59. The second kappa shape index (κ2) is 46.1. The second-order valence-corrected chi connectivity index (χ2v) is 25.8. The minimum Gasteiger partial charge on any atom is -0.0879 e. The quantitative estimate of drug-likeness (QED) is 0.162. The van der Waals surface area contributed by atoms with Crippen molar-refractivity contribution in [3.05, 3.63) is 232 Å². The number of rotatable bonds is 2. The summed E-state index contributed by atoms with van der Waals surface area (Å²) >= 11 is 75.2. The zero-order chi connectivity index (χ0) is 53.6. The largest absolute Gasteiger partial charge is 0.0879 e. The minimum absolute atomic E-state index is 0.606. The van der Waals surface area contributed by atoms with Crippen molar-refractivity contribution in [2.24, 2.45) is 0 Å². The smallest absolute Gasteiger partial charge is 0.0592 e. The second-order valence-electron chi connectivity index (χ2n) is 14.0. The summed E-state index contributed by atoms with van der Waals surface area (Å²) in [6, 6.07) is 45.1. The van der Waals surface area contributed by atoms with E-state index >= 15 is 0 Å². The van der Waals surface area contributed by atoms with Gasteiger partial charge in [0.05, 0.1) is 10.0 Å². The van der Waals surface area contributed by atoms with Crippen LogP contribution in [-0.4, -0.2) is 0 Å². The van der Waals surface area contributed by atoms with Crippen LogP contribution < -0.4 is 0 Å². The van der Waals surface area contributed by atoms with Crippen LogP contribution in [0.1, 0.15) is 78.1 Å². The zero-order valence-electron chi connectivity index (χ0n) is 38.4. The molecule has 6 aromatic carbocycles.